The molecule has 11 nitrogen and oxygen atoms in total. The number of aromatic carboxylic acids is 1. The highest BCUT2D eigenvalue weighted by atomic mass is 32.2. The predicted octanol–water partition coefficient (Wildman–Crippen LogP) is 3.15. The Kier molecular flexibility index (Phi) is 5.30. The van der Waals surface area contributed by atoms with Crippen molar-refractivity contribution in [1.29, 1.82) is 0 Å². The van der Waals surface area contributed by atoms with Gasteiger partial charge in [-0.05, 0) is 47.9 Å². The molecular formula is C17H12N2O9S2. The van der Waals surface area contributed by atoms with Crippen molar-refractivity contribution >= 4 is 48.4 Å². The summed E-state index contributed by atoms with van der Waals surface area (Å²) in [5.74, 6) is -1.83. The van der Waals surface area contributed by atoms with Crippen molar-refractivity contribution in [3.8, 4) is 5.75 Å². The minimum absolute atomic E-state index is 0.0782. The average molecular weight is 452 g/mol. The summed E-state index contributed by atoms with van der Waals surface area (Å²) in [4.78, 5) is 9.57. The average Bonchev–Trinajstić information content (AvgIpc) is 2.64. The first kappa shape index (κ1) is 21.3. The number of hydrogen-bond acceptors (Lipinski definition) is 8. The van der Waals surface area contributed by atoms with Gasteiger partial charge in [0.2, 0.25) is 0 Å². The molecule has 0 amide bonds. The van der Waals surface area contributed by atoms with Gasteiger partial charge in [-0.2, -0.15) is 27.1 Å². The van der Waals surface area contributed by atoms with E-state index in [0.717, 1.165) is 18.2 Å². The lowest BCUT2D eigenvalue weighted by atomic mass is 10.1. The summed E-state index contributed by atoms with van der Waals surface area (Å²) in [5, 5.41) is 26.2. The molecule has 0 aliphatic carbocycles. The van der Waals surface area contributed by atoms with Crippen LogP contribution in [0.5, 0.6) is 5.75 Å². The van der Waals surface area contributed by atoms with Crippen LogP contribution < -0.4 is 0 Å². The van der Waals surface area contributed by atoms with E-state index in [2.05, 4.69) is 10.2 Å². The van der Waals surface area contributed by atoms with Gasteiger partial charge in [0.25, 0.3) is 20.2 Å². The first-order valence-electron chi connectivity index (χ1n) is 7.87. The van der Waals surface area contributed by atoms with Gasteiger partial charge in [-0.15, -0.1) is 0 Å². The lowest BCUT2D eigenvalue weighted by Crippen LogP contribution is -2.04. The molecule has 0 aromatic heterocycles. The summed E-state index contributed by atoms with van der Waals surface area (Å²) in [6.07, 6.45) is 0. The first-order chi connectivity index (χ1) is 13.9. The molecule has 0 bridgehead atoms. The summed E-state index contributed by atoms with van der Waals surface area (Å²) in [6.45, 7) is 0. The molecule has 3 aromatic carbocycles. The molecule has 13 heteroatoms. The molecule has 0 aliphatic heterocycles. The van der Waals surface area contributed by atoms with Crippen LogP contribution in [-0.2, 0) is 20.2 Å². The summed E-state index contributed by atoms with van der Waals surface area (Å²) >= 11 is 0. The molecule has 0 unspecified atom stereocenters. The SMILES string of the molecule is O=C(O)c1cc(N=Nc2ccc3cc(S(=O)(=O)O)cc(S(=O)(=O)O)c3c2)ccc1O. The Bertz CT molecular complexity index is 1430. The quantitative estimate of drug-likeness (QED) is 0.332. The number of carboxylic acid groups (broad SMARTS) is 1. The second-order valence-electron chi connectivity index (χ2n) is 5.98. The fourth-order valence-electron chi connectivity index (χ4n) is 2.58. The van der Waals surface area contributed by atoms with Crippen molar-refractivity contribution in [3.63, 3.8) is 0 Å². The minimum atomic E-state index is -4.86. The second-order valence-corrected chi connectivity index (χ2v) is 8.80. The van der Waals surface area contributed by atoms with Gasteiger partial charge in [-0.25, -0.2) is 4.79 Å². The van der Waals surface area contributed by atoms with Crippen LogP contribution in [-0.4, -0.2) is 42.1 Å². The van der Waals surface area contributed by atoms with Gasteiger partial charge in [-0.3, -0.25) is 9.11 Å². The Morgan fingerprint density at radius 2 is 1.40 bits per heavy atom. The molecule has 0 fully saturated rings. The molecule has 0 heterocycles. The van der Waals surface area contributed by atoms with Gasteiger partial charge in [0.05, 0.1) is 16.3 Å². The van der Waals surface area contributed by atoms with Crippen molar-refractivity contribution in [1.82, 2.24) is 0 Å². The van der Waals surface area contributed by atoms with E-state index < -0.39 is 47.3 Å². The standard InChI is InChI=1S/C17H12N2O9S2/c20-15-4-3-11(7-14(15)17(21)22)19-18-10-2-1-9-5-12(29(23,24)25)8-16(13(9)6-10)30(26,27)28/h1-8,20H,(H,21,22)(H,23,24,25)(H,26,27,28). The first-order valence-corrected chi connectivity index (χ1v) is 10.7. The van der Waals surface area contributed by atoms with Crippen LogP contribution in [0.3, 0.4) is 0 Å². The molecule has 0 radical (unpaired) electrons. The fraction of sp³-hybridized carbons (Fsp3) is 0. The van der Waals surface area contributed by atoms with Gasteiger partial charge in [0, 0.05) is 5.39 Å². The summed E-state index contributed by atoms with van der Waals surface area (Å²) in [6, 6.07) is 8.96. The van der Waals surface area contributed by atoms with Crippen molar-refractivity contribution in [2.24, 2.45) is 10.2 Å². The van der Waals surface area contributed by atoms with Crippen LogP contribution in [0.1, 0.15) is 10.4 Å². The van der Waals surface area contributed by atoms with Gasteiger partial charge in [0.15, 0.2) is 0 Å². The van der Waals surface area contributed by atoms with E-state index in [4.69, 9.17) is 5.11 Å². The van der Waals surface area contributed by atoms with Gasteiger partial charge in [-0.1, -0.05) is 6.07 Å². The Balaban J connectivity index is 2.12. The number of nitrogens with zero attached hydrogens (tertiary/aromatic N) is 2. The molecular weight excluding hydrogens is 440 g/mol. The molecule has 0 aliphatic rings. The number of azo groups is 1. The van der Waals surface area contributed by atoms with E-state index in [0.29, 0.717) is 6.07 Å². The third-order valence-electron chi connectivity index (χ3n) is 3.94. The zero-order valence-electron chi connectivity index (χ0n) is 14.7. The lowest BCUT2D eigenvalue weighted by molar-refractivity contribution is 0.0693. The zero-order valence-corrected chi connectivity index (χ0v) is 16.3. The maximum absolute atomic E-state index is 11.7. The monoisotopic (exact) mass is 452 g/mol. The number of phenols is 1. The number of fused-ring (bicyclic) bond motifs is 1. The van der Waals surface area contributed by atoms with Crippen LogP contribution >= 0.6 is 0 Å². The van der Waals surface area contributed by atoms with Crippen molar-refractivity contribution < 1.29 is 40.9 Å². The van der Waals surface area contributed by atoms with Crippen LogP contribution in [0, 0.1) is 0 Å². The molecule has 156 valence electrons. The molecule has 0 saturated heterocycles. The molecule has 0 spiro atoms. The molecule has 0 saturated carbocycles. The number of benzene rings is 3. The Labute approximate surface area is 169 Å². The van der Waals surface area contributed by atoms with E-state index >= 15 is 0 Å². The Hall–Kier alpha value is -3.39. The summed E-state index contributed by atoms with van der Waals surface area (Å²) in [7, 11) is -9.59. The van der Waals surface area contributed by atoms with E-state index in [9.17, 15) is 35.8 Å². The maximum atomic E-state index is 11.7. The smallest absolute Gasteiger partial charge is 0.339 e. The number of rotatable bonds is 5. The van der Waals surface area contributed by atoms with Crippen molar-refractivity contribution in [2.45, 2.75) is 9.79 Å². The van der Waals surface area contributed by atoms with Gasteiger partial charge < -0.3 is 10.2 Å². The molecule has 3 rings (SSSR count). The largest absolute Gasteiger partial charge is 0.507 e. The van der Waals surface area contributed by atoms with Crippen LogP contribution in [0.25, 0.3) is 10.8 Å². The molecule has 0 atom stereocenters. The van der Waals surface area contributed by atoms with E-state index in [1.54, 1.807) is 0 Å². The predicted molar refractivity (Wildman–Crippen MR) is 103 cm³/mol. The van der Waals surface area contributed by atoms with Crippen LogP contribution in [0.15, 0.2) is 68.6 Å². The number of carbonyl (C=O) groups is 1. The fourth-order valence-corrected chi connectivity index (χ4v) is 3.93. The summed E-state index contributed by atoms with van der Waals surface area (Å²) in [5.41, 5.74) is -0.213. The van der Waals surface area contributed by atoms with Crippen LogP contribution in [0.4, 0.5) is 11.4 Å². The normalized spacial score (nSPS) is 12.5. The van der Waals surface area contributed by atoms with E-state index in [1.165, 1.54) is 24.3 Å². The van der Waals surface area contributed by atoms with Crippen LogP contribution in [0.2, 0.25) is 0 Å². The third-order valence-corrected chi connectivity index (χ3v) is 5.67. The van der Waals surface area contributed by atoms with Gasteiger partial charge in [0.1, 0.15) is 16.2 Å². The number of hydrogen-bond donors (Lipinski definition) is 4. The third kappa shape index (κ3) is 4.44. The molecule has 3 aromatic rings. The van der Waals surface area contributed by atoms with Crippen molar-refractivity contribution in [3.05, 3.63) is 54.1 Å². The van der Waals surface area contributed by atoms with Crippen molar-refractivity contribution in [2.75, 3.05) is 0 Å². The Morgan fingerprint density at radius 1 is 0.800 bits per heavy atom. The highest BCUT2D eigenvalue weighted by Gasteiger charge is 2.20. The summed E-state index contributed by atoms with van der Waals surface area (Å²) < 4.78 is 64.8. The number of carboxylic acids is 1. The Morgan fingerprint density at radius 3 is 1.97 bits per heavy atom. The second kappa shape index (κ2) is 7.46. The molecule has 30 heavy (non-hydrogen) atoms. The highest BCUT2D eigenvalue weighted by molar-refractivity contribution is 7.86. The zero-order chi connectivity index (χ0) is 22.3. The van der Waals surface area contributed by atoms with E-state index in [1.807, 2.05) is 0 Å². The highest BCUT2D eigenvalue weighted by Crippen LogP contribution is 2.31. The molecule has 4 N–H and O–H groups in total. The number of aromatic hydroxyl groups is 1. The van der Waals surface area contributed by atoms with E-state index in [-0.39, 0.29) is 22.1 Å². The minimum Gasteiger partial charge on any atom is -0.507 e. The lowest BCUT2D eigenvalue weighted by Gasteiger charge is -2.07. The topological polar surface area (TPSA) is 191 Å². The maximum Gasteiger partial charge on any atom is 0.339 e. The van der Waals surface area contributed by atoms with Gasteiger partial charge >= 0.3 is 5.97 Å².